The molecule has 1 N–H and O–H groups in total. The molecule has 2 heterocycles. The quantitative estimate of drug-likeness (QED) is 0.581. The van der Waals surface area contributed by atoms with Crippen LogP contribution in [0.1, 0.15) is 24.8 Å². The molecule has 1 aromatic rings. The van der Waals surface area contributed by atoms with Gasteiger partial charge in [-0.1, -0.05) is 36.1 Å². The lowest BCUT2D eigenvalue weighted by Gasteiger charge is -2.30. The molecule has 2 saturated heterocycles. The first-order valence-corrected chi connectivity index (χ1v) is 10.1. The number of amides is 2. The fourth-order valence-electron chi connectivity index (χ4n) is 3.14. The lowest BCUT2D eigenvalue weighted by molar-refractivity contribution is -0.145. The predicted octanol–water partition coefficient (Wildman–Crippen LogP) is 2.74. The van der Waals surface area contributed by atoms with Crippen LogP contribution in [0.2, 0.25) is 0 Å². The Morgan fingerprint density at radius 3 is 2.50 bits per heavy atom. The number of carbonyl (C=O) groups is 3. The van der Waals surface area contributed by atoms with Crippen LogP contribution < -0.4 is 0 Å². The molecule has 0 spiro atoms. The standard InChI is InChI=1S/C19H19FN2O4S2/c20-14-3-1-12(2-4-14)11-15-17(24)22(19(27)28-15)10-7-16(23)21-8-5-13(6-9-21)18(25)26/h1-4,11,13H,5-10H2,(H,25,26)/b15-11+. The van der Waals surface area contributed by atoms with Gasteiger partial charge in [0.25, 0.3) is 5.91 Å². The molecule has 0 atom stereocenters. The van der Waals surface area contributed by atoms with Crippen molar-refractivity contribution in [2.45, 2.75) is 19.3 Å². The number of carbonyl (C=O) groups excluding carboxylic acids is 2. The summed E-state index contributed by atoms with van der Waals surface area (Å²) in [5.41, 5.74) is 0.694. The van der Waals surface area contributed by atoms with E-state index in [1.165, 1.54) is 17.0 Å². The molecule has 0 bridgehead atoms. The zero-order chi connectivity index (χ0) is 20.3. The number of hydrogen-bond acceptors (Lipinski definition) is 5. The van der Waals surface area contributed by atoms with Gasteiger partial charge in [-0.3, -0.25) is 19.3 Å². The van der Waals surface area contributed by atoms with Crippen LogP contribution in [0.4, 0.5) is 4.39 Å². The number of piperidine rings is 1. The molecule has 3 rings (SSSR count). The van der Waals surface area contributed by atoms with Crippen molar-refractivity contribution in [1.29, 1.82) is 0 Å². The highest BCUT2D eigenvalue weighted by Crippen LogP contribution is 2.32. The second-order valence-electron chi connectivity index (χ2n) is 6.63. The van der Waals surface area contributed by atoms with Crippen LogP contribution >= 0.6 is 24.0 Å². The van der Waals surface area contributed by atoms with Gasteiger partial charge in [-0.15, -0.1) is 0 Å². The number of thioether (sulfide) groups is 1. The SMILES string of the molecule is O=C(O)C1CCN(C(=O)CCN2C(=O)/C(=C\c3ccc(F)cc3)SC2=S)CC1. The average molecular weight is 423 g/mol. The molecule has 0 saturated carbocycles. The molecule has 9 heteroatoms. The minimum Gasteiger partial charge on any atom is -0.481 e. The summed E-state index contributed by atoms with van der Waals surface area (Å²) in [7, 11) is 0. The molecule has 0 aromatic heterocycles. The molecule has 148 valence electrons. The van der Waals surface area contributed by atoms with Crippen molar-refractivity contribution in [1.82, 2.24) is 9.80 Å². The van der Waals surface area contributed by atoms with Crippen molar-refractivity contribution in [3.8, 4) is 0 Å². The number of halogens is 1. The first kappa shape index (κ1) is 20.5. The molecule has 6 nitrogen and oxygen atoms in total. The second kappa shape index (κ2) is 8.83. The van der Waals surface area contributed by atoms with Crippen LogP contribution in [-0.2, 0) is 14.4 Å². The van der Waals surface area contributed by atoms with E-state index in [1.54, 1.807) is 23.1 Å². The van der Waals surface area contributed by atoms with E-state index in [1.807, 2.05) is 0 Å². The van der Waals surface area contributed by atoms with Gasteiger partial charge in [0, 0.05) is 26.1 Å². The van der Waals surface area contributed by atoms with Crippen LogP contribution in [0.25, 0.3) is 6.08 Å². The number of aliphatic carboxylic acids is 1. The fourth-order valence-corrected chi connectivity index (χ4v) is 4.45. The van der Waals surface area contributed by atoms with Gasteiger partial charge in [0.15, 0.2) is 0 Å². The van der Waals surface area contributed by atoms with E-state index in [0.29, 0.717) is 40.7 Å². The van der Waals surface area contributed by atoms with E-state index in [-0.39, 0.29) is 30.6 Å². The minimum atomic E-state index is -0.822. The van der Waals surface area contributed by atoms with Crippen molar-refractivity contribution in [3.05, 3.63) is 40.6 Å². The van der Waals surface area contributed by atoms with Crippen LogP contribution in [0, 0.1) is 11.7 Å². The van der Waals surface area contributed by atoms with Gasteiger partial charge in [0.05, 0.1) is 10.8 Å². The maximum Gasteiger partial charge on any atom is 0.306 e. The molecule has 2 fully saturated rings. The Balaban J connectivity index is 1.55. The van der Waals surface area contributed by atoms with E-state index in [9.17, 15) is 18.8 Å². The van der Waals surface area contributed by atoms with Crippen LogP contribution in [-0.4, -0.2) is 56.6 Å². The zero-order valence-electron chi connectivity index (χ0n) is 15.0. The molecule has 28 heavy (non-hydrogen) atoms. The normalized spacial score (nSPS) is 19.5. The van der Waals surface area contributed by atoms with Crippen LogP contribution in [0.5, 0.6) is 0 Å². The smallest absolute Gasteiger partial charge is 0.306 e. The number of nitrogens with zero attached hydrogens (tertiary/aromatic N) is 2. The third-order valence-corrected chi connectivity index (χ3v) is 6.17. The van der Waals surface area contributed by atoms with Crippen molar-refractivity contribution in [2.75, 3.05) is 19.6 Å². The van der Waals surface area contributed by atoms with E-state index in [4.69, 9.17) is 17.3 Å². The van der Waals surface area contributed by atoms with Gasteiger partial charge in [0.1, 0.15) is 10.1 Å². The molecular weight excluding hydrogens is 403 g/mol. The highest BCUT2D eigenvalue weighted by Gasteiger charge is 2.33. The Kier molecular flexibility index (Phi) is 6.46. The third kappa shape index (κ3) is 4.77. The van der Waals surface area contributed by atoms with Gasteiger partial charge in [-0.05, 0) is 36.6 Å². The highest BCUT2D eigenvalue weighted by molar-refractivity contribution is 8.26. The fraction of sp³-hybridized carbons (Fsp3) is 0.368. The molecular formula is C19H19FN2O4S2. The van der Waals surface area contributed by atoms with Crippen molar-refractivity contribution >= 4 is 52.2 Å². The number of rotatable bonds is 5. The van der Waals surface area contributed by atoms with E-state index in [2.05, 4.69) is 0 Å². The summed E-state index contributed by atoms with van der Waals surface area (Å²) in [4.78, 5) is 39.4. The molecule has 0 aliphatic carbocycles. The predicted molar refractivity (Wildman–Crippen MR) is 108 cm³/mol. The van der Waals surface area contributed by atoms with Crippen molar-refractivity contribution in [2.24, 2.45) is 5.92 Å². The van der Waals surface area contributed by atoms with E-state index < -0.39 is 11.9 Å². The molecule has 1 aromatic carbocycles. The molecule has 2 aliphatic rings. The number of hydrogen-bond donors (Lipinski definition) is 1. The van der Waals surface area contributed by atoms with Gasteiger partial charge >= 0.3 is 5.97 Å². The first-order chi connectivity index (χ1) is 13.3. The van der Waals surface area contributed by atoms with E-state index >= 15 is 0 Å². The number of carboxylic acids is 1. The summed E-state index contributed by atoms with van der Waals surface area (Å²) < 4.78 is 13.4. The van der Waals surface area contributed by atoms with Crippen LogP contribution in [0.3, 0.4) is 0 Å². The van der Waals surface area contributed by atoms with E-state index in [0.717, 1.165) is 11.8 Å². The lowest BCUT2D eigenvalue weighted by Crippen LogP contribution is -2.41. The maximum atomic E-state index is 13.0. The summed E-state index contributed by atoms with van der Waals surface area (Å²) in [6.45, 7) is 1.01. The van der Waals surface area contributed by atoms with Crippen molar-refractivity contribution < 1.29 is 23.9 Å². The number of likely N-dealkylation sites (tertiary alicyclic amines) is 1. The second-order valence-corrected chi connectivity index (χ2v) is 8.30. The van der Waals surface area contributed by atoms with Gasteiger partial charge in [-0.25, -0.2) is 4.39 Å². The molecule has 2 amide bonds. The first-order valence-electron chi connectivity index (χ1n) is 8.86. The summed E-state index contributed by atoms with van der Waals surface area (Å²) in [5.74, 6) is -1.95. The summed E-state index contributed by atoms with van der Waals surface area (Å²) >= 11 is 6.42. The Morgan fingerprint density at radius 1 is 1.25 bits per heavy atom. The number of benzene rings is 1. The molecule has 0 radical (unpaired) electrons. The van der Waals surface area contributed by atoms with Crippen LogP contribution in [0.15, 0.2) is 29.2 Å². The average Bonchev–Trinajstić information content (AvgIpc) is 2.94. The topological polar surface area (TPSA) is 77.9 Å². The lowest BCUT2D eigenvalue weighted by atomic mass is 9.97. The molecule has 0 unspecified atom stereocenters. The Labute approximate surface area is 171 Å². The minimum absolute atomic E-state index is 0.111. The van der Waals surface area contributed by atoms with Gasteiger partial charge in [-0.2, -0.15) is 0 Å². The number of carboxylic acid groups (broad SMARTS) is 1. The Bertz CT molecular complexity index is 833. The monoisotopic (exact) mass is 422 g/mol. The summed E-state index contributed by atoms with van der Waals surface area (Å²) in [6.07, 6.45) is 2.68. The highest BCUT2D eigenvalue weighted by atomic mass is 32.2. The largest absolute Gasteiger partial charge is 0.481 e. The Hall–Kier alpha value is -2.26. The summed E-state index contributed by atoms with van der Waals surface area (Å²) in [5, 5.41) is 9.02. The van der Waals surface area contributed by atoms with Crippen molar-refractivity contribution in [3.63, 3.8) is 0 Å². The zero-order valence-corrected chi connectivity index (χ0v) is 16.6. The van der Waals surface area contributed by atoms with Gasteiger partial charge in [0.2, 0.25) is 5.91 Å². The van der Waals surface area contributed by atoms with Gasteiger partial charge < -0.3 is 10.0 Å². The Morgan fingerprint density at radius 2 is 1.89 bits per heavy atom. The molecule has 2 aliphatic heterocycles. The summed E-state index contributed by atoms with van der Waals surface area (Å²) in [6, 6.07) is 5.79. The maximum absolute atomic E-state index is 13.0. The number of thiocarbonyl (C=S) groups is 1. The third-order valence-electron chi connectivity index (χ3n) is 4.79.